The fraction of sp³-hybridized carbons (Fsp3) is 0.565. The summed E-state index contributed by atoms with van der Waals surface area (Å²) < 4.78 is 11.0. The molecular formula is C23H31N3O4. The summed E-state index contributed by atoms with van der Waals surface area (Å²) in [5.41, 5.74) is 1.22. The van der Waals surface area contributed by atoms with Gasteiger partial charge >= 0.3 is 5.63 Å². The van der Waals surface area contributed by atoms with E-state index in [0.29, 0.717) is 25.3 Å². The van der Waals surface area contributed by atoms with E-state index in [-0.39, 0.29) is 11.5 Å². The summed E-state index contributed by atoms with van der Waals surface area (Å²) in [5, 5.41) is 0.920. The van der Waals surface area contributed by atoms with Gasteiger partial charge in [0.1, 0.15) is 11.3 Å². The highest BCUT2D eigenvalue weighted by Crippen LogP contribution is 2.24. The summed E-state index contributed by atoms with van der Waals surface area (Å²) in [6.07, 6.45) is 3.49. The number of ether oxygens (including phenoxy) is 1. The minimum Gasteiger partial charge on any atom is -0.494 e. The largest absolute Gasteiger partial charge is 0.494 e. The van der Waals surface area contributed by atoms with Crippen molar-refractivity contribution in [3.63, 3.8) is 0 Å². The van der Waals surface area contributed by atoms with E-state index in [1.54, 1.807) is 12.1 Å². The fourth-order valence-electron chi connectivity index (χ4n) is 4.38. The third-order valence-electron chi connectivity index (χ3n) is 6.04. The number of carbonyl (C=O) groups excluding carboxylic acids is 1. The van der Waals surface area contributed by atoms with Crippen LogP contribution in [0.25, 0.3) is 11.0 Å². The van der Waals surface area contributed by atoms with Crippen LogP contribution in [0.2, 0.25) is 0 Å². The Labute approximate surface area is 177 Å². The Kier molecular flexibility index (Phi) is 6.69. The molecule has 162 valence electrons. The van der Waals surface area contributed by atoms with E-state index in [9.17, 15) is 9.59 Å². The maximum absolute atomic E-state index is 12.5. The van der Waals surface area contributed by atoms with E-state index in [1.165, 1.54) is 6.42 Å². The Morgan fingerprint density at radius 1 is 1.00 bits per heavy atom. The average Bonchev–Trinajstić information content (AvgIpc) is 2.76. The first kappa shape index (κ1) is 20.9. The Morgan fingerprint density at radius 3 is 2.47 bits per heavy atom. The lowest BCUT2D eigenvalue weighted by Gasteiger charge is -2.36. The SMILES string of the molecule is CCOc1ccc2oc(=O)cc(CN3CCN(CC(=O)N4CCCCC4)CC3)c2c1. The van der Waals surface area contributed by atoms with Crippen molar-refractivity contribution in [1.82, 2.24) is 14.7 Å². The lowest BCUT2D eigenvalue weighted by atomic mass is 10.1. The van der Waals surface area contributed by atoms with Gasteiger partial charge in [0.25, 0.3) is 0 Å². The predicted molar refractivity (Wildman–Crippen MR) is 116 cm³/mol. The van der Waals surface area contributed by atoms with Crippen molar-refractivity contribution in [2.45, 2.75) is 32.7 Å². The van der Waals surface area contributed by atoms with Crippen molar-refractivity contribution < 1.29 is 13.9 Å². The van der Waals surface area contributed by atoms with Crippen LogP contribution < -0.4 is 10.4 Å². The topological polar surface area (TPSA) is 66.2 Å². The lowest BCUT2D eigenvalue weighted by Crippen LogP contribution is -2.50. The van der Waals surface area contributed by atoms with Crippen LogP contribution in [0.3, 0.4) is 0 Å². The van der Waals surface area contributed by atoms with E-state index >= 15 is 0 Å². The van der Waals surface area contributed by atoms with Crippen molar-refractivity contribution in [2.75, 3.05) is 52.4 Å². The molecule has 1 aromatic carbocycles. The first-order valence-corrected chi connectivity index (χ1v) is 11.0. The van der Waals surface area contributed by atoms with Crippen molar-refractivity contribution in [1.29, 1.82) is 0 Å². The summed E-state index contributed by atoms with van der Waals surface area (Å²) in [6, 6.07) is 7.17. The van der Waals surface area contributed by atoms with Crippen molar-refractivity contribution in [2.24, 2.45) is 0 Å². The summed E-state index contributed by atoms with van der Waals surface area (Å²) >= 11 is 0. The van der Waals surface area contributed by atoms with Gasteiger partial charge in [0.05, 0.1) is 13.2 Å². The van der Waals surface area contributed by atoms with Crippen LogP contribution >= 0.6 is 0 Å². The number of carbonyl (C=O) groups is 1. The molecule has 0 saturated carbocycles. The van der Waals surface area contributed by atoms with E-state index in [1.807, 2.05) is 24.0 Å². The third kappa shape index (κ3) is 5.02. The van der Waals surface area contributed by atoms with E-state index in [0.717, 1.165) is 68.8 Å². The van der Waals surface area contributed by atoms with Crippen LogP contribution in [0.1, 0.15) is 31.7 Å². The second-order valence-electron chi connectivity index (χ2n) is 8.18. The molecule has 1 aromatic heterocycles. The van der Waals surface area contributed by atoms with Gasteiger partial charge in [-0.15, -0.1) is 0 Å². The van der Waals surface area contributed by atoms with Crippen molar-refractivity contribution in [3.05, 3.63) is 40.2 Å². The minimum absolute atomic E-state index is 0.262. The zero-order valence-electron chi connectivity index (χ0n) is 17.8. The van der Waals surface area contributed by atoms with Crippen LogP contribution in [-0.4, -0.2) is 73.0 Å². The number of likely N-dealkylation sites (tertiary alicyclic amines) is 1. The van der Waals surface area contributed by atoms with Crippen LogP contribution in [0.4, 0.5) is 0 Å². The van der Waals surface area contributed by atoms with Gasteiger partial charge in [0, 0.05) is 57.3 Å². The number of hydrogen-bond acceptors (Lipinski definition) is 6. The maximum Gasteiger partial charge on any atom is 0.336 e. The Hall–Kier alpha value is -2.38. The van der Waals surface area contributed by atoms with Crippen molar-refractivity contribution in [3.8, 4) is 5.75 Å². The highest BCUT2D eigenvalue weighted by atomic mass is 16.5. The molecule has 0 N–H and O–H groups in total. The molecule has 2 aliphatic rings. The molecule has 0 radical (unpaired) electrons. The summed E-state index contributed by atoms with van der Waals surface area (Å²) in [7, 11) is 0. The highest BCUT2D eigenvalue weighted by Gasteiger charge is 2.23. The molecule has 0 aliphatic carbocycles. The number of nitrogens with zero attached hydrogens (tertiary/aromatic N) is 3. The molecule has 2 saturated heterocycles. The van der Waals surface area contributed by atoms with Gasteiger partial charge < -0.3 is 14.1 Å². The zero-order chi connectivity index (χ0) is 20.9. The standard InChI is InChI=1S/C23H31N3O4/c1-2-29-19-6-7-21-20(15-19)18(14-23(28)30-21)16-24-10-12-25(13-11-24)17-22(27)26-8-4-3-5-9-26/h6-7,14-15H,2-5,8-13,16-17H2,1H3. The molecule has 2 aromatic rings. The Morgan fingerprint density at radius 2 is 1.73 bits per heavy atom. The third-order valence-corrected chi connectivity index (χ3v) is 6.04. The molecule has 4 rings (SSSR count). The number of fused-ring (bicyclic) bond motifs is 1. The van der Waals surface area contributed by atoms with Gasteiger partial charge in [-0.05, 0) is 49.9 Å². The molecule has 3 heterocycles. The van der Waals surface area contributed by atoms with Crippen LogP contribution in [-0.2, 0) is 11.3 Å². The molecular weight excluding hydrogens is 382 g/mol. The average molecular weight is 414 g/mol. The minimum atomic E-state index is -0.326. The number of piperidine rings is 1. The van der Waals surface area contributed by atoms with Gasteiger partial charge in [0.2, 0.25) is 5.91 Å². The fourth-order valence-corrected chi connectivity index (χ4v) is 4.38. The number of piperazine rings is 1. The number of amides is 1. The molecule has 1 amide bonds. The van der Waals surface area contributed by atoms with Gasteiger partial charge in [0.15, 0.2) is 0 Å². The molecule has 2 aliphatic heterocycles. The van der Waals surface area contributed by atoms with Gasteiger partial charge in [-0.3, -0.25) is 14.6 Å². The summed E-state index contributed by atoms with van der Waals surface area (Å²) in [6.45, 7) is 9.04. The summed E-state index contributed by atoms with van der Waals surface area (Å²) in [4.78, 5) is 31.1. The van der Waals surface area contributed by atoms with E-state index in [2.05, 4.69) is 9.80 Å². The molecule has 0 atom stereocenters. The second-order valence-corrected chi connectivity index (χ2v) is 8.18. The maximum atomic E-state index is 12.5. The molecule has 0 unspecified atom stereocenters. The van der Waals surface area contributed by atoms with Crippen LogP contribution in [0, 0.1) is 0 Å². The molecule has 2 fully saturated rings. The highest BCUT2D eigenvalue weighted by molar-refractivity contribution is 5.81. The first-order chi connectivity index (χ1) is 14.6. The van der Waals surface area contributed by atoms with Gasteiger partial charge in [-0.2, -0.15) is 0 Å². The van der Waals surface area contributed by atoms with Crippen LogP contribution in [0.15, 0.2) is 33.5 Å². The molecule has 30 heavy (non-hydrogen) atoms. The Bertz CT molecular complexity index is 928. The quantitative estimate of drug-likeness (QED) is 0.677. The number of rotatable bonds is 6. The molecule has 0 bridgehead atoms. The molecule has 7 heteroatoms. The predicted octanol–water partition coefficient (Wildman–Crippen LogP) is 2.32. The smallest absolute Gasteiger partial charge is 0.336 e. The molecule has 0 spiro atoms. The number of benzene rings is 1. The van der Waals surface area contributed by atoms with E-state index < -0.39 is 0 Å². The lowest BCUT2D eigenvalue weighted by molar-refractivity contribution is -0.133. The normalized spacial score (nSPS) is 18.6. The second kappa shape index (κ2) is 9.62. The Balaban J connectivity index is 1.37. The van der Waals surface area contributed by atoms with Gasteiger partial charge in [-0.25, -0.2) is 4.79 Å². The number of hydrogen-bond donors (Lipinski definition) is 0. The monoisotopic (exact) mass is 413 g/mol. The van der Waals surface area contributed by atoms with E-state index in [4.69, 9.17) is 9.15 Å². The van der Waals surface area contributed by atoms with Gasteiger partial charge in [-0.1, -0.05) is 0 Å². The zero-order valence-corrected chi connectivity index (χ0v) is 17.8. The first-order valence-electron chi connectivity index (χ1n) is 11.0. The van der Waals surface area contributed by atoms with Crippen LogP contribution in [0.5, 0.6) is 5.75 Å². The molecule has 7 nitrogen and oxygen atoms in total. The van der Waals surface area contributed by atoms with Crippen molar-refractivity contribution >= 4 is 16.9 Å². The summed E-state index contributed by atoms with van der Waals surface area (Å²) in [5.74, 6) is 1.04.